The first-order valence-electron chi connectivity index (χ1n) is 11.5. The molecule has 0 bridgehead atoms. The second-order valence-corrected chi connectivity index (χ2v) is 9.15. The van der Waals surface area contributed by atoms with Gasteiger partial charge in [-0.3, -0.25) is 14.7 Å². The molecule has 5 rings (SSSR count). The number of amides is 1. The minimum atomic E-state index is -0.0124. The van der Waals surface area contributed by atoms with Crippen LogP contribution in [0.4, 0.5) is 0 Å². The van der Waals surface area contributed by atoms with E-state index in [1.807, 2.05) is 23.2 Å². The minimum absolute atomic E-state index is 0.0124. The van der Waals surface area contributed by atoms with E-state index in [1.54, 1.807) is 0 Å². The van der Waals surface area contributed by atoms with Gasteiger partial charge in [0.25, 0.3) is 5.91 Å². The van der Waals surface area contributed by atoms with Gasteiger partial charge >= 0.3 is 0 Å². The van der Waals surface area contributed by atoms with E-state index in [2.05, 4.69) is 46.2 Å². The fourth-order valence-electron chi connectivity index (χ4n) is 4.92. The summed E-state index contributed by atoms with van der Waals surface area (Å²) in [6.45, 7) is 6.77. The summed E-state index contributed by atoms with van der Waals surface area (Å²) in [6.07, 6.45) is 6.22. The molecule has 0 aliphatic carbocycles. The van der Waals surface area contributed by atoms with Crippen molar-refractivity contribution in [3.8, 4) is 0 Å². The highest BCUT2D eigenvalue weighted by Gasteiger charge is 2.28. The second-order valence-electron chi connectivity index (χ2n) is 9.15. The summed E-state index contributed by atoms with van der Waals surface area (Å²) in [7, 11) is 0. The first kappa shape index (κ1) is 20.2. The molecule has 2 aliphatic heterocycles. The van der Waals surface area contributed by atoms with Crippen molar-refractivity contribution in [1.29, 1.82) is 0 Å². The molecule has 1 aromatic carbocycles. The zero-order chi connectivity index (χ0) is 21.2. The highest BCUT2D eigenvalue weighted by molar-refractivity contribution is 5.91. The Balaban J connectivity index is 1.26. The molecule has 4 heterocycles. The average Bonchev–Trinajstić information content (AvgIpc) is 3.30. The molecule has 1 atom stereocenters. The van der Waals surface area contributed by atoms with Crippen LogP contribution in [-0.2, 0) is 6.54 Å². The van der Waals surface area contributed by atoms with E-state index in [-0.39, 0.29) is 5.91 Å². The van der Waals surface area contributed by atoms with Gasteiger partial charge in [-0.25, -0.2) is 0 Å². The van der Waals surface area contributed by atoms with Gasteiger partial charge in [-0.15, -0.1) is 0 Å². The molecular weight excluding hydrogens is 388 g/mol. The molecule has 2 fully saturated rings. The quantitative estimate of drug-likeness (QED) is 0.625. The zero-order valence-electron chi connectivity index (χ0n) is 18.2. The van der Waals surface area contributed by atoms with Crippen LogP contribution < -0.4 is 0 Å². The normalized spacial score (nSPS) is 20.9. The third-order valence-electron chi connectivity index (χ3n) is 6.87. The van der Waals surface area contributed by atoms with Gasteiger partial charge in [-0.1, -0.05) is 30.3 Å². The van der Waals surface area contributed by atoms with E-state index in [4.69, 9.17) is 4.52 Å². The van der Waals surface area contributed by atoms with Gasteiger partial charge in [0.1, 0.15) is 0 Å². The van der Waals surface area contributed by atoms with Crippen molar-refractivity contribution in [3.63, 3.8) is 0 Å². The molecule has 6 heteroatoms. The van der Waals surface area contributed by atoms with Crippen molar-refractivity contribution in [1.82, 2.24) is 19.9 Å². The predicted molar refractivity (Wildman–Crippen MR) is 120 cm³/mol. The molecule has 0 spiro atoms. The largest absolute Gasteiger partial charge is 0.351 e. The Bertz CT molecular complexity index is 1050. The maximum atomic E-state index is 12.8. The van der Waals surface area contributed by atoms with E-state index in [0.717, 1.165) is 69.6 Å². The van der Waals surface area contributed by atoms with E-state index in [1.165, 1.54) is 10.9 Å². The van der Waals surface area contributed by atoms with E-state index in [0.29, 0.717) is 17.6 Å². The minimum Gasteiger partial charge on any atom is -0.351 e. The van der Waals surface area contributed by atoms with Crippen LogP contribution in [0.25, 0.3) is 10.9 Å². The number of hydrogen-bond acceptors (Lipinski definition) is 5. The number of benzene rings is 1. The summed E-state index contributed by atoms with van der Waals surface area (Å²) in [6, 6.07) is 12.3. The molecule has 0 unspecified atom stereocenters. The molecule has 2 aromatic heterocycles. The summed E-state index contributed by atoms with van der Waals surface area (Å²) in [5, 5.41) is 5.52. The fraction of sp³-hybridized carbons (Fsp3) is 0.480. The molecule has 2 saturated heterocycles. The highest BCUT2D eigenvalue weighted by atomic mass is 16.5. The SMILES string of the molecule is CC1CCN(C(=O)c2cc([C@H]3CCCN(Cc4ccnc5ccccc45)C3)no2)CC1. The summed E-state index contributed by atoms with van der Waals surface area (Å²) in [5.74, 6) is 1.37. The molecule has 1 amide bonds. The van der Waals surface area contributed by atoms with Gasteiger partial charge in [0.2, 0.25) is 5.76 Å². The number of likely N-dealkylation sites (tertiary alicyclic amines) is 2. The lowest BCUT2D eigenvalue weighted by Gasteiger charge is -2.32. The standard InChI is InChI=1S/C25H30N4O2/c1-18-9-13-29(14-10-18)25(30)24-15-23(27-31-24)20-5-4-12-28(17-20)16-19-8-11-26-22-7-3-2-6-21(19)22/h2-3,6-8,11,15,18,20H,4-5,9-10,12-14,16-17H2,1H3/t20-/m0/s1. The fourth-order valence-corrected chi connectivity index (χ4v) is 4.92. The predicted octanol–water partition coefficient (Wildman–Crippen LogP) is 4.47. The maximum absolute atomic E-state index is 12.8. The van der Waals surface area contributed by atoms with Crippen molar-refractivity contribution in [2.75, 3.05) is 26.2 Å². The number of pyridine rings is 1. The molecule has 0 radical (unpaired) electrons. The van der Waals surface area contributed by atoms with Gasteiger partial charge in [0, 0.05) is 49.7 Å². The Labute approximate surface area is 183 Å². The molecule has 6 nitrogen and oxygen atoms in total. The van der Waals surface area contributed by atoms with Crippen molar-refractivity contribution in [2.24, 2.45) is 5.92 Å². The number of fused-ring (bicyclic) bond motifs is 1. The summed E-state index contributed by atoms with van der Waals surface area (Å²) in [4.78, 5) is 21.7. The Hall–Kier alpha value is -2.73. The number of carbonyl (C=O) groups is 1. The molecule has 162 valence electrons. The van der Waals surface area contributed by atoms with E-state index in [9.17, 15) is 4.79 Å². The first-order chi connectivity index (χ1) is 15.2. The van der Waals surface area contributed by atoms with Gasteiger partial charge in [0.05, 0.1) is 11.2 Å². The number of para-hydroxylation sites is 1. The first-order valence-corrected chi connectivity index (χ1v) is 11.5. The van der Waals surface area contributed by atoms with Crippen LogP contribution in [-0.4, -0.2) is 52.0 Å². The number of piperidine rings is 2. The molecule has 31 heavy (non-hydrogen) atoms. The van der Waals surface area contributed by atoms with Crippen LogP contribution in [0.2, 0.25) is 0 Å². The third kappa shape index (κ3) is 4.35. The van der Waals surface area contributed by atoms with Crippen LogP contribution in [0.3, 0.4) is 0 Å². The molecule has 3 aromatic rings. The number of rotatable bonds is 4. The average molecular weight is 419 g/mol. The van der Waals surface area contributed by atoms with Crippen molar-refractivity contribution >= 4 is 16.8 Å². The van der Waals surface area contributed by atoms with Crippen LogP contribution >= 0.6 is 0 Å². The van der Waals surface area contributed by atoms with Crippen molar-refractivity contribution in [3.05, 3.63) is 59.6 Å². The Morgan fingerprint density at radius 3 is 2.84 bits per heavy atom. The lowest BCUT2D eigenvalue weighted by atomic mass is 9.94. The molecule has 0 N–H and O–H groups in total. The summed E-state index contributed by atoms with van der Waals surface area (Å²) < 4.78 is 5.50. The highest BCUT2D eigenvalue weighted by Crippen LogP contribution is 2.29. The Morgan fingerprint density at radius 1 is 1.13 bits per heavy atom. The topological polar surface area (TPSA) is 62.5 Å². The van der Waals surface area contributed by atoms with Crippen molar-refractivity contribution in [2.45, 2.75) is 45.1 Å². The second kappa shape index (κ2) is 8.79. The zero-order valence-corrected chi connectivity index (χ0v) is 18.2. The van der Waals surface area contributed by atoms with E-state index >= 15 is 0 Å². The lowest BCUT2D eigenvalue weighted by Crippen LogP contribution is -2.37. The number of nitrogens with zero attached hydrogens (tertiary/aromatic N) is 4. The molecule has 0 saturated carbocycles. The van der Waals surface area contributed by atoms with Gasteiger partial charge in [-0.2, -0.15) is 0 Å². The van der Waals surface area contributed by atoms with E-state index < -0.39 is 0 Å². The van der Waals surface area contributed by atoms with Crippen LogP contribution in [0.15, 0.2) is 47.1 Å². The van der Waals surface area contributed by atoms with Crippen LogP contribution in [0.5, 0.6) is 0 Å². The number of carbonyl (C=O) groups excluding carboxylic acids is 1. The van der Waals surface area contributed by atoms with Gasteiger partial charge < -0.3 is 9.42 Å². The van der Waals surface area contributed by atoms with Crippen molar-refractivity contribution < 1.29 is 9.32 Å². The maximum Gasteiger partial charge on any atom is 0.292 e. The summed E-state index contributed by atoms with van der Waals surface area (Å²) >= 11 is 0. The number of hydrogen-bond donors (Lipinski definition) is 0. The Morgan fingerprint density at radius 2 is 1.97 bits per heavy atom. The Kier molecular flexibility index (Phi) is 5.72. The summed E-state index contributed by atoms with van der Waals surface area (Å²) in [5.41, 5.74) is 3.26. The monoisotopic (exact) mass is 418 g/mol. The van der Waals surface area contributed by atoms with Crippen LogP contribution in [0.1, 0.15) is 60.3 Å². The molecular formula is C25H30N4O2. The molecule has 2 aliphatic rings. The smallest absolute Gasteiger partial charge is 0.292 e. The van der Waals surface area contributed by atoms with Gasteiger partial charge in [0.15, 0.2) is 0 Å². The van der Waals surface area contributed by atoms with Gasteiger partial charge in [-0.05, 0) is 55.8 Å². The lowest BCUT2D eigenvalue weighted by molar-refractivity contribution is 0.0655. The van der Waals surface area contributed by atoms with Crippen LogP contribution in [0, 0.1) is 5.92 Å². The number of aromatic nitrogens is 2. The third-order valence-corrected chi connectivity index (χ3v) is 6.87.